The molecule has 0 atom stereocenters. The first-order chi connectivity index (χ1) is 9.65. The molecule has 1 aromatic heterocycles. The summed E-state index contributed by atoms with van der Waals surface area (Å²) < 4.78 is 0. The Kier molecular flexibility index (Phi) is 5.95. The zero-order valence-corrected chi connectivity index (χ0v) is 13.5. The lowest BCUT2D eigenvalue weighted by Crippen LogP contribution is -2.22. The Morgan fingerprint density at radius 1 is 1.20 bits per heavy atom. The topological polar surface area (TPSA) is 37.8 Å². The maximum atomic E-state index is 6.16. The minimum atomic E-state index is 0.681. The van der Waals surface area contributed by atoms with Gasteiger partial charge in [0, 0.05) is 24.4 Å². The average molecular weight is 310 g/mol. The molecule has 0 bridgehead atoms. The first-order valence-corrected chi connectivity index (χ1v) is 8.10. The van der Waals surface area contributed by atoms with Crippen molar-refractivity contribution in [2.24, 2.45) is 5.92 Å². The van der Waals surface area contributed by atoms with E-state index in [1.54, 1.807) is 11.3 Å². The van der Waals surface area contributed by atoms with Crippen molar-refractivity contribution in [3.05, 3.63) is 44.9 Å². The van der Waals surface area contributed by atoms with Crippen LogP contribution in [0.5, 0.6) is 0 Å². The molecule has 0 radical (unpaired) electrons. The normalized spacial score (nSPS) is 11.2. The monoisotopic (exact) mass is 309 g/mol. The standard InChI is InChI=1S/C15H20ClN3S/c1-11(2)10-17-8-7-14-18-19-15(20-14)9-12-5-3-4-6-13(12)16/h3-6,11,17H,7-10H2,1-2H3. The Morgan fingerprint density at radius 3 is 2.70 bits per heavy atom. The Bertz CT molecular complexity index is 539. The van der Waals surface area contributed by atoms with Crippen molar-refractivity contribution < 1.29 is 0 Å². The van der Waals surface area contributed by atoms with Crippen molar-refractivity contribution in [2.45, 2.75) is 26.7 Å². The van der Waals surface area contributed by atoms with Crippen molar-refractivity contribution in [1.29, 1.82) is 0 Å². The quantitative estimate of drug-likeness (QED) is 0.795. The Balaban J connectivity index is 1.85. The van der Waals surface area contributed by atoms with Crippen molar-refractivity contribution >= 4 is 22.9 Å². The number of benzene rings is 1. The van der Waals surface area contributed by atoms with E-state index in [1.807, 2.05) is 24.3 Å². The van der Waals surface area contributed by atoms with Gasteiger partial charge in [0.05, 0.1) is 0 Å². The van der Waals surface area contributed by atoms with Crippen LogP contribution in [0.4, 0.5) is 0 Å². The van der Waals surface area contributed by atoms with Crippen LogP contribution in [-0.2, 0) is 12.8 Å². The number of aromatic nitrogens is 2. The molecule has 0 saturated heterocycles. The number of nitrogens with zero attached hydrogens (tertiary/aromatic N) is 2. The molecule has 5 heteroatoms. The van der Waals surface area contributed by atoms with Gasteiger partial charge in [-0.05, 0) is 24.1 Å². The first kappa shape index (κ1) is 15.4. The molecule has 0 aliphatic carbocycles. The predicted octanol–water partition coefficient (Wildman–Crippen LogP) is 3.57. The summed E-state index contributed by atoms with van der Waals surface area (Å²) in [6.07, 6.45) is 1.70. The Morgan fingerprint density at radius 2 is 1.95 bits per heavy atom. The molecule has 2 rings (SSSR count). The molecule has 0 amide bonds. The molecule has 0 aliphatic heterocycles. The van der Waals surface area contributed by atoms with Crippen LogP contribution < -0.4 is 5.32 Å². The smallest absolute Gasteiger partial charge is 0.121 e. The summed E-state index contributed by atoms with van der Waals surface area (Å²) in [7, 11) is 0. The van der Waals surface area contributed by atoms with Gasteiger partial charge in [-0.15, -0.1) is 21.5 Å². The summed E-state index contributed by atoms with van der Waals surface area (Å²) in [5.41, 5.74) is 1.11. The third-order valence-corrected chi connectivity index (χ3v) is 4.23. The van der Waals surface area contributed by atoms with E-state index in [2.05, 4.69) is 29.4 Å². The van der Waals surface area contributed by atoms with Gasteiger partial charge in [-0.3, -0.25) is 0 Å². The second-order valence-corrected chi connectivity index (χ2v) is 6.76. The van der Waals surface area contributed by atoms with Crippen molar-refractivity contribution in [3.8, 4) is 0 Å². The first-order valence-electron chi connectivity index (χ1n) is 6.90. The Labute approximate surface area is 129 Å². The summed E-state index contributed by atoms with van der Waals surface area (Å²) in [6, 6.07) is 7.89. The van der Waals surface area contributed by atoms with Gasteiger partial charge in [-0.2, -0.15) is 0 Å². The largest absolute Gasteiger partial charge is 0.316 e. The highest BCUT2D eigenvalue weighted by Gasteiger charge is 2.07. The van der Waals surface area contributed by atoms with Gasteiger partial charge in [-0.1, -0.05) is 43.6 Å². The molecular formula is C15H20ClN3S. The van der Waals surface area contributed by atoms with Gasteiger partial charge in [0.2, 0.25) is 0 Å². The summed E-state index contributed by atoms with van der Waals surface area (Å²) >= 11 is 7.83. The minimum absolute atomic E-state index is 0.681. The van der Waals surface area contributed by atoms with Crippen LogP contribution in [0.1, 0.15) is 29.4 Å². The maximum Gasteiger partial charge on any atom is 0.121 e. The number of rotatable bonds is 7. The molecule has 1 aromatic carbocycles. The van der Waals surface area contributed by atoms with E-state index >= 15 is 0 Å². The lowest BCUT2D eigenvalue weighted by Gasteiger charge is -2.05. The molecule has 1 N–H and O–H groups in total. The van der Waals surface area contributed by atoms with Crippen LogP contribution in [-0.4, -0.2) is 23.3 Å². The molecule has 0 aliphatic rings. The maximum absolute atomic E-state index is 6.16. The fraction of sp³-hybridized carbons (Fsp3) is 0.467. The van der Waals surface area contributed by atoms with Crippen LogP contribution in [0.2, 0.25) is 5.02 Å². The van der Waals surface area contributed by atoms with Crippen LogP contribution >= 0.6 is 22.9 Å². The van der Waals surface area contributed by atoms with E-state index in [9.17, 15) is 0 Å². The molecule has 0 fully saturated rings. The summed E-state index contributed by atoms with van der Waals surface area (Å²) in [6.45, 7) is 6.42. The molecule has 0 unspecified atom stereocenters. The predicted molar refractivity (Wildman–Crippen MR) is 85.6 cm³/mol. The van der Waals surface area contributed by atoms with Gasteiger partial charge >= 0.3 is 0 Å². The van der Waals surface area contributed by atoms with Crippen LogP contribution in [0.25, 0.3) is 0 Å². The third kappa shape index (κ3) is 4.85. The van der Waals surface area contributed by atoms with Gasteiger partial charge in [-0.25, -0.2) is 0 Å². The fourth-order valence-corrected chi connectivity index (χ4v) is 2.92. The van der Waals surface area contributed by atoms with Crippen molar-refractivity contribution in [2.75, 3.05) is 13.1 Å². The van der Waals surface area contributed by atoms with Crippen molar-refractivity contribution in [3.63, 3.8) is 0 Å². The van der Waals surface area contributed by atoms with Crippen LogP contribution in [0, 0.1) is 5.92 Å². The fourth-order valence-electron chi connectivity index (χ4n) is 1.85. The second-order valence-electron chi connectivity index (χ2n) is 5.21. The highest BCUT2D eigenvalue weighted by atomic mass is 35.5. The van der Waals surface area contributed by atoms with Gasteiger partial charge in [0.15, 0.2) is 0 Å². The summed E-state index contributed by atoms with van der Waals surface area (Å²) in [5, 5.41) is 14.8. The number of hydrogen-bond donors (Lipinski definition) is 1. The molecule has 20 heavy (non-hydrogen) atoms. The number of nitrogens with one attached hydrogen (secondary N) is 1. The SMILES string of the molecule is CC(C)CNCCc1nnc(Cc2ccccc2Cl)s1. The van der Waals surface area contributed by atoms with Crippen LogP contribution in [0.3, 0.4) is 0 Å². The minimum Gasteiger partial charge on any atom is -0.316 e. The molecule has 0 spiro atoms. The molecular weight excluding hydrogens is 290 g/mol. The third-order valence-electron chi connectivity index (χ3n) is 2.88. The zero-order valence-electron chi connectivity index (χ0n) is 11.9. The molecule has 1 heterocycles. The average Bonchev–Trinajstić information content (AvgIpc) is 2.85. The number of halogens is 1. The van der Waals surface area contributed by atoms with Crippen LogP contribution in [0.15, 0.2) is 24.3 Å². The van der Waals surface area contributed by atoms with E-state index in [1.165, 1.54) is 0 Å². The van der Waals surface area contributed by atoms with E-state index in [0.717, 1.165) is 46.5 Å². The van der Waals surface area contributed by atoms with Gasteiger partial charge in [0.25, 0.3) is 0 Å². The lowest BCUT2D eigenvalue weighted by molar-refractivity contribution is 0.553. The van der Waals surface area contributed by atoms with E-state index < -0.39 is 0 Å². The molecule has 2 aromatic rings. The highest BCUT2D eigenvalue weighted by molar-refractivity contribution is 7.11. The van der Waals surface area contributed by atoms with E-state index in [0.29, 0.717) is 5.92 Å². The lowest BCUT2D eigenvalue weighted by atomic mass is 10.2. The molecule has 0 saturated carbocycles. The second kappa shape index (κ2) is 7.72. The van der Waals surface area contributed by atoms with E-state index in [4.69, 9.17) is 11.6 Å². The zero-order chi connectivity index (χ0) is 14.4. The van der Waals surface area contributed by atoms with Crippen molar-refractivity contribution in [1.82, 2.24) is 15.5 Å². The Hall–Kier alpha value is -0.970. The van der Waals surface area contributed by atoms with Gasteiger partial charge in [0.1, 0.15) is 10.0 Å². The summed E-state index contributed by atoms with van der Waals surface area (Å²) in [4.78, 5) is 0. The molecule has 108 valence electrons. The summed E-state index contributed by atoms with van der Waals surface area (Å²) in [5.74, 6) is 0.681. The van der Waals surface area contributed by atoms with E-state index in [-0.39, 0.29) is 0 Å². The van der Waals surface area contributed by atoms with Gasteiger partial charge < -0.3 is 5.32 Å². The molecule has 3 nitrogen and oxygen atoms in total. The number of hydrogen-bond acceptors (Lipinski definition) is 4. The highest BCUT2D eigenvalue weighted by Crippen LogP contribution is 2.20.